The lowest BCUT2D eigenvalue weighted by Gasteiger charge is -2.20. The molecule has 18 heavy (non-hydrogen) atoms. The maximum Gasteiger partial charge on any atom is 0.336 e. The minimum atomic E-state index is -0.998. The van der Waals surface area contributed by atoms with Crippen LogP contribution in [0.4, 0.5) is 0 Å². The van der Waals surface area contributed by atoms with Crippen molar-refractivity contribution in [1.29, 1.82) is 0 Å². The summed E-state index contributed by atoms with van der Waals surface area (Å²) in [6.45, 7) is 8.95. The second kappa shape index (κ2) is 9.85. The van der Waals surface area contributed by atoms with Crippen LogP contribution in [0.3, 0.4) is 0 Å². The first-order chi connectivity index (χ1) is 8.14. The van der Waals surface area contributed by atoms with Crippen LogP contribution in [0.1, 0.15) is 53.9 Å². The molecule has 0 spiro atoms. The smallest absolute Gasteiger partial charge is 0.336 e. The van der Waals surface area contributed by atoms with Crippen LogP contribution in [0.25, 0.3) is 0 Å². The quantitative estimate of drug-likeness (QED) is 0.565. The first-order valence-electron chi connectivity index (χ1n) is 5.93. The van der Waals surface area contributed by atoms with Crippen LogP contribution >= 0.6 is 0 Å². The van der Waals surface area contributed by atoms with E-state index in [4.69, 9.17) is 20.0 Å². The van der Waals surface area contributed by atoms with Crippen LogP contribution in [-0.4, -0.2) is 33.9 Å². The lowest BCUT2D eigenvalue weighted by molar-refractivity contribution is -0.367. The van der Waals surface area contributed by atoms with Gasteiger partial charge in [-0.05, 0) is 33.6 Å². The minimum Gasteiger partial charge on any atom is -0.481 e. The first-order valence-corrected chi connectivity index (χ1v) is 5.93. The number of hydrogen-bond donors (Lipinski definition) is 2. The predicted molar refractivity (Wildman–Crippen MR) is 66.2 cm³/mol. The van der Waals surface area contributed by atoms with E-state index < -0.39 is 23.6 Å². The summed E-state index contributed by atoms with van der Waals surface area (Å²) < 4.78 is 0. The summed E-state index contributed by atoms with van der Waals surface area (Å²) in [6, 6.07) is 0. The minimum absolute atomic E-state index is 0.292. The van der Waals surface area contributed by atoms with Crippen LogP contribution < -0.4 is 0 Å². The van der Waals surface area contributed by atoms with Crippen molar-refractivity contribution in [1.82, 2.24) is 0 Å². The molecule has 0 saturated carbocycles. The molecule has 0 fully saturated rings. The van der Waals surface area contributed by atoms with Crippen LogP contribution in [0.5, 0.6) is 0 Å². The summed E-state index contributed by atoms with van der Waals surface area (Å²) >= 11 is 0. The van der Waals surface area contributed by atoms with Gasteiger partial charge in [-0.2, -0.15) is 0 Å². The summed E-state index contributed by atoms with van der Waals surface area (Å²) in [6.07, 6.45) is 0.546. The van der Waals surface area contributed by atoms with E-state index in [2.05, 4.69) is 0 Å². The number of carboxylic acids is 2. The van der Waals surface area contributed by atoms with Gasteiger partial charge < -0.3 is 10.2 Å². The number of carbonyl (C=O) groups is 2. The molecule has 108 valence electrons. The molecule has 0 amide bonds. The molecule has 0 aliphatic carbocycles. The summed E-state index contributed by atoms with van der Waals surface area (Å²) in [5.41, 5.74) is -0.469. The standard InChI is InChI=1S/C8H16O4.C4H8O2/c1-5-6(7(9)10)11-12-8(2,3)4;1-2-3-4(5)6/h6H,5H2,1-4H3,(H,9,10);2-3H2,1H3,(H,5,6). The van der Waals surface area contributed by atoms with E-state index in [1.807, 2.05) is 6.92 Å². The number of carboxylic acid groups (broad SMARTS) is 2. The second-order valence-corrected chi connectivity index (χ2v) is 4.67. The van der Waals surface area contributed by atoms with Crippen molar-refractivity contribution in [2.24, 2.45) is 0 Å². The highest BCUT2D eigenvalue weighted by atomic mass is 17.2. The SMILES string of the molecule is CCC(OOC(C)(C)C)C(=O)O.CCCC(=O)O. The Morgan fingerprint density at radius 2 is 1.67 bits per heavy atom. The topological polar surface area (TPSA) is 93.1 Å². The van der Waals surface area contributed by atoms with Gasteiger partial charge >= 0.3 is 11.9 Å². The Morgan fingerprint density at radius 3 is 1.83 bits per heavy atom. The fourth-order valence-corrected chi connectivity index (χ4v) is 0.700. The normalized spacial score (nSPS) is 12.3. The molecule has 6 heteroatoms. The maximum atomic E-state index is 10.4. The number of hydrogen-bond acceptors (Lipinski definition) is 4. The number of rotatable bonds is 6. The van der Waals surface area contributed by atoms with Gasteiger partial charge in [0, 0.05) is 6.42 Å². The van der Waals surface area contributed by atoms with Crippen molar-refractivity contribution in [3.63, 3.8) is 0 Å². The Balaban J connectivity index is 0. The van der Waals surface area contributed by atoms with Crippen molar-refractivity contribution < 1.29 is 29.6 Å². The number of aliphatic carboxylic acids is 2. The Hall–Kier alpha value is -1.14. The van der Waals surface area contributed by atoms with Gasteiger partial charge in [-0.3, -0.25) is 4.79 Å². The fraction of sp³-hybridized carbons (Fsp3) is 0.833. The van der Waals surface area contributed by atoms with Gasteiger partial charge in [-0.15, -0.1) is 0 Å². The first kappa shape index (κ1) is 19.2. The van der Waals surface area contributed by atoms with Crippen LogP contribution in [0, 0.1) is 0 Å². The molecule has 0 rings (SSSR count). The Morgan fingerprint density at radius 1 is 1.17 bits per heavy atom. The summed E-state index contributed by atoms with van der Waals surface area (Å²) in [5, 5.41) is 16.5. The highest BCUT2D eigenvalue weighted by molar-refractivity contribution is 5.72. The van der Waals surface area contributed by atoms with Gasteiger partial charge in [0.05, 0.1) is 5.60 Å². The predicted octanol–water partition coefficient (Wildman–Crippen LogP) is 2.47. The zero-order valence-corrected chi connectivity index (χ0v) is 11.7. The third kappa shape index (κ3) is 14.9. The molecule has 1 atom stereocenters. The lowest BCUT2D eigenvalue weighted by atomic mass is 10.2. The fourth-order valence-electron chi connectivity index (χ4n) is 0.700. The molecule has 0 aliphatic heterocycles. The molecule has 0 aromatic carbocycles. The third-order valence-corrected chi connectivity index (χ3v) is 1.52. The monoisotopic (exact) mass is 264 g/mol. The van der Waals surface area contributed by atoms with E-state index in [0.717, 1.165) is 6.42 Å². The van der Waals surface area contributed by atoms with Crippen LogP contribution in [0.15, 0.2) is 0 Å². The average Bonchev–Trinajstić information content (AvgIpc) is 2.16. The maximum absolute atomic E-state index is 10.4. The van der Waals surface area contributed by atoms with E-state index in [-0.39, 0.29) is 0 Å². The van der Waals surface area contributed by atoms with Crippen molar-refractivity contribution in [2.45, 2.75) is 65.6 Å². The second-order valence-electron chi connectivity index (χ2n) is 4.67. The van der Waals surface area contributed by atoms with E-state index >= 15 is 0 Å². The summed E-state index contributed by atoms with van der Waals surface area (Å²) in [4.78, 5) is 29.6. The lowest BCUT2D eigenvalue weighted by Crippen LogP contribution is -2.28. The largest absolute Gasteiger partial charge is 0.481 e. The van der Waals surface area contributed by atoms with Gasteiger partial charge in [0.2, 0.25) is 0 Å². The van der Waals surface area contributed by atoms with Gasteiger partial charge in [0.1, 0.15) is 0 Å². The Kier molecular flexibility index (Phi) is 10.5. The molecule has 0 heterocycles. The molecule has 0 aromatic rings. The average molecular weight is 264 g/mol. The van der Waals surface area contributed by atoms with Crippen LogP contribution in [-0.2, 0) is 19.4 Å². The highest BCUT2D eigenvalue weighted by Crippen LogP contribution is 2.10. The van der Waals surface area contributed by atoms with E-state index in [9.17, 15) is 9.59 Å². The summed E-state index contributed by atoms with van der Waals surface area (Å²) in [7, 11) is 0. The molecule has 1 unspecified atom stereocenters. The zero-order chi connectivity index (χ0) is 14.8. The van der Waals surface area contributed by atoms with Gasteiger partial charge in [0.15, 0.2) is 6.10 Å². The Labute approximate surface area is 108 Å². The van der Waals surface area contributed by atoms with E-state index in [1.54, 1.807) is 27.7 Å². The van der Waals surface area contributed by atoms with Crippen molar-refractivity contribution in [3.8, 4) is 0 Å². The molecular formula is C12H24O6. The van der Waals surface area contributed by atoms with Crippen molar-refractivity contribution in [3.05, 3.63) is 0 Å². The third-order valence-electron chi connectivity index (χ3n) is 1.52. The van der Waals surface area contributed by atoms with E-state index in [1.165, 1.54) is 0 Å². The molecule has 6 nitrogen and oxygen atoms in total. The van der Waals surface area contributed by atoms with Crippen molar-refractivity contribution in [2.75, 3.05) is 0 Å². The molecule has 0 aliphatic rings. The molecule has 0 bridgehead atoms. The van der Waals surface area contributed by atoms with Gasteiger partial charge in [0.25, 0.3) is 0 Å². The molecule has 2 N–H and O–H groups in total. The van der Waals surface area contributed by atoms with Gasteiger partial charge in [-0.25, -0.2) is 14.6 Å². The molecule has 0 saturated heterocycles. The summed E-state index contributed by atoms with van der Waals surface area (Å²) in [5.74, 6) is -1.71. The van der Waals surface area contributed by atoms with Gasteiger partial charge in [-0.1, -0.05) is 13.8 Å². The van der Waals surface area contributed by atoms with Crippen LogP contribution in [0.2, 0.25) is 0 Å². The highest BCUT2D eigenvalue weighted by Gasteiger charge is 2.20. The van der Waals surface area contributed by atoms with Crippen molar-refractivity contribution >= 4 is 11.9 Å². The Bertz CT molecular complexity index is 243. The van der Waals surface area contributed by atoms with E-state index in [0.29, 0.717) is 12.8 Å². The zero-order valence-electron chi connectivity index (χ0n) is 11.7. The molecule has 0 aromatic heterocycles. The molecular weight excluding hydrogens is 240 g/mol. The molecule has 0 radical (unpaired) electrons.